The van der Waals surface area contributed by atoms with Gasteiger partial charge in [-0.3, -0.25) is 0 Å². The van der Waals surface area contributed by atoms with E-state index >= 15 is 0 Å². The molecule has 0 unspecified atom stereocenters. The predicted octanol–water partition coefficient (Wildman–Crippen LogP) is 2.79. The van der Waals surface area contributed by atoms with Crippen molar-refractivity contribution in [3.8, 4) is 0 Å². The summed E-state index contributed by atoms with van der Waals surface area (Å²) in [5, 5.41) is 6.34. The van der Waals surface area contributed by atoms with Crippen molar-refractivity contribution in [1.82, 2.24) is 10.6 Å². The number of guanidine groups is 1. The lowest BCUT2D eigenvalue weighted by Crippen LogP contribution is -2.36. The Morgan fingerprint density at radius 2 is 1.88 bits per heavy atom. The smallest absolute Gasteiger partial charge is 0.191 e. The number of benzene rings is 2. The van der Waals surface area contributed by atoms with Crippen LogP contribution in [0.15, 0.2) is 52.4 Å². The van der Waals surface area contributed by atoms with Crippen LogP contribution in [0, 0.1) is 12.7 Å². The second kappa shape index (κ2) is 8.80. The maximum Gasteiger partial charge on any atom is 0.191 e. The normalized spacial score (nSPS) is 12.1. The standard InChI is InChI=1S/C19H24FN3O2S/c1-4-21-19(22-12-15-6-5-7-17(20)11-15)23-13-16-8-9-18(14(2)10-16)26(3,24)25/h5-11H,4,12-13H2,1-3H3,(H2,21,22,23). The van der Waals surface area contributed by atoms with Gasteiger partial charge in [-0.2, -0.15) is 0 Å². The van der Waals surface area contributed by atoms with E-state index in [0.717, 1.165) is 11.1 Å². The first kappa shape index (κ1) is 19.9. The van der Waals surface area contributed by atoms with Crippen LogP contribution >= 0.6 is 0 Å². The fourth-order valence-electron chi connectivity index (χ4n) is 2.57. The molecule has 140 valence electrons. The molecule has 26 heavy (non-hydrogen) atoms. The quantitative estimate of drug-likeness (QED) is 0.600. The predicted molar refractivity (Wildman–Crippen MR) is 102 cm³/mol. The second-order valence-electron chi connectivity index (χ2n) is 6.05. The minimum Gasteiger partial charge on any atom is -0.357 e. The number of sulfone groups is 1. The first-order valence-corrected chi connectivity index (χ1v) is 10.2. The summed E-state index contributed by atoms with van der Waals surface area (Å²) in [6.45, 7) is 5.30. The van der Waals surface area contributed by atoms with Crippen molar-refractivity contribution in [1.29, 1.82) is 0 Å². The molecule has 0 heterocycles. The number of hydrogen-bond acceptors (Lipinski definition) is 3. The molecule has 2 aromatic rings. The third-order valence-corrected chi connectivity index (χ3v) is 5.01. The van der Waals surface area contributed by atoms with Crippen molar-refractivity contribution in [2.75, 3.05) is 12.8 Å². The zero-order valence-corrected chi connectivity index (χ0v) is 16.0. The summed E-state index contributed by atoms with van der Waals surface area (Å²) in [4.78, 5) is 4.79. The molecule has 0 aliphatic rings. The Hall–Kier alpha value is -2.41. The molecule has 5 nitrogen and oxygen atoms in total. The summed E-state index contributed by atoms with van der Waals surface area (Å²) < 4.78 is 36.6. The fraction of sp³-hybridized carbons (Fsp3) is 0.316. The number of hydrogen-bond donors (Lipinski definition) is 2. The van der Waals surface area contributed by atoms with E-state index in [2.05, 4.69) is 15.6 Å². The fourth-order valence-corrected chi connectivity index (χ4v) is 3.53. The summed E-state index contributed by atoms with van der Waals surface area (Å²) in [7, 11) is -3.22. The molecule has 2 rings (SSSR count). The van der Waals surface area contributed by atoms with Gasteiger partial charge in [-0.05, 0) is 48.7 Å². The van der Waals surface area contributed by atoms with E-state index in [1.54, 1.807) is 25.1 Å². The van der Waals surface area contributed by atoms with E-state index in [4.69, 9.17) is 0 Å². The minimum atomic E-state index is -3.22. The molecule has 0 radical (unpaired) electrons. The molecule has 0 aliphatic heterocycles. The third kappa shape index (κ3) is 5.84. The van der Waals surface area contributed by atoms with Crippen molar-refractivity contribution in [3.05, 3.63) is 65.0 Å². The van der Waals surface area contributed by atoms with Crippen molar-refractivity contribution < 1.29 is 12.8 Å². The average Bonchev–Trinajstić information content (AvgIpc) is 2.56. The van der Waals surface area contributed by atoms with Gasteiger partial charge in [-0.1, -0.05) is 24.3 Å². The molecular formula is C19H24FN3O2S. The first-order valence-electron chi connectivity index (χ1n) is 8.36. The Bertz CT molecular complexity index is 895. The number of halogens is 1. The van der Waals surface area contributed by atoms with E-state index in [-0.39, 0.29) is 5.82 Å². The minimum absolute atomic E-state index is 0.280. The molecule has 2 N–H and O–H groups in total. The van der Waals surface area contributed by atoms with Crippen LogP contribution in [-0.2, 0) is 22.9 Å². The Labute approximate surface area is 154 Å². The Balaban J connectivity index is 2.06. The van der Waals surface area contributed by atoms with Crippen LogP contribution in [0.3, 0.4) is 0 Å². The largest absolute Gasteiger partial charge is 0.357 e. The zero-order chi connectivity index (χ0) is 19.2. The highest BCUT2D eigenvalue weighted by Crippen LogP contribution is 2.16. The van der Waals surface area contributed by atoms with E-state index in [9.17, 15) is 12.8 Å². The highest BCUT2D eigenvalue weighted by Gasteiger charge is 2.11. The Morgan fingerprint density at radius 3 is 2.50 bits per heavy atom. The molecule has 7 heteroatoms. The monoisotopic (exact) mass is 377 g/mol. The maximum absolute atomic E-state index is 13.2. The van der Waals surface area contributed by atoms with Crippen molar-refractivity contribution >= 4 is 15.8 Å². The van der Waals surface area contributed by atoms with Gasteiger partial charge in [-0.25, -0.2) is 17.8 Å². The Kier molecular flexibility index (Phi) is 6.74. The van der Waals surface area contributed by atoms with Crippen molar-refractivity contribution in [3.63, 3.8) is 0 Å². The van der Waals surface area contributed by atoms with E-state index in [1.807, 2.05) is 19.1 Å². The molecule has 0 saturated heterocycles. The van der Waals surface area contributed by atoms with Crippen molar-refractivity contribution in [2.24, 2.45) is 4.99 Å². The van der Waals surface area contributed by atoms with Gasteiger partial charge < -0.3 is 10.6 Å². The lowest BCUT2D eigenvalue weighted by molar-refractivity contribution is 0.601. The molecule has 0 atom stereocenters. The van der Waals surface area contributed by atoms with Gasteiger partial charge in [-0.15, -0.1) is 0 Å². The number of nitrogens with one attached hydrogen (secondary N) is 2. The maximum atomic E-state index is 13.2. The summed E-state index contributed by atoms with van der Waals surface area (Å²) in [6.07, 6.45) is 1.20. The van der Waals surface area contributed by atoms with Gasteiger partial charge in [0, 0.05) is 19.3 Å². The average molecular weight is 377 g/mol. The molecule has 0 saturated carbocycles. The van der Waals surface area contributed by atoms with Gasteiger partial charge >= 0.3 is 0 Å². The van der Waals surface area contributed by atoms with E-state index in [0.29, 0.717) is 36.1 Å². The van der Waals surface area contributed by atoms with Gasteiger partial charge in [0.15, 0.2) is 15.8 Å². The van der Waals surface area contributed by atoms with Crippen LogP contribution in [0.25, 0.3) is 0 Å². The number of rotatable bonds is 6. The molecule has 0 aromatic heterocycles. The van der Waals surface area contributed by atoms with E-state index in [1.165, 1.54) is 18.4 Å². The lowest BCUT2D eigenvalue weighted by atomic mass is 10.1. The van der Waals surface area contributed by atoms with Crippen LogP contribution < -0.4 is 10.6 Å². The van der Waals surface area contributed by atoms with Crippen LogP contribution in [0.2, 0.25) is 0 Å². The molecule has 2 aromatic carbocycles. The van der Waals surface area contributed by atoms with Crippen molar-refractivity contribution in [2.45, 2.75) is 31.8 Å². The van der Waals surface area contributed by atoms with Crippen LogP contribution in [-0.4, -0.2) is 27.2 Å². The first-order chi connectivity index (χ1) is 12.3. The van der Waals surface area contributed by atoms with Gasteiger partial charge in [0.1, 0.15) is 5.82 Å². The summed E-state index contributed by atoms with van der Waals surface area (Å²) >= 11 is 0. The zero-order valence-electron chi connectivity index (χ0n) is 15.2. The van der Waals surface area contributed by atoms with Crippen LogP contribution in [0.5, 0.6) is 0 Å². The van der Waals surface area contributed by atoms with Gasteiger partial charge in [0.25, 0.3) is 0 Å². The second-order valence-corrected chi connectivity index (χ2v) is 8.03. The summed E-state index contributed by atoms with van der Waals surface area (Å²) in [5.74, 6) is 0.332. The third-order valence-electron chi connectivity index (χ3n) is 3.75. The molecule has 0 fully saturated rings. The van der Waals surface area contributed by atoms with Crippen LogP contribution in [0.1, 0.15) is 23.6 Å². The highest BCUT2D eigenvalue weighted by molar-refractivity contribution is 7.90. The number of aryl methyl sites for hydroxylation is 1. The van der Waals surface area contributed by atoms with Gasteiger partial charge in [0.2, 0.25) is 0 Å². The highest BCUT2D eigenvalue weighted by atomic mass is 32.2. The summed E-state index contributed by atoms with van der Waals surface area (Å²) in [6, 6.07) is 11.6. The number of nitrogens with zero attached hydrogens (tertiary/aromatic N) is 1. The SMILES string of the molecule is CCNC(=NCc1cccc(F)c1)NCc1ccc(S(C)(=O)=O)c(C)c1. The topological polar surface area (TPSA) is 70.6 Å². The summed E-state index contributed by atoms with van der Waals surface area (Å²) in [5.41, 5.74) is 2.45. The molecule has 0 amide bonds. The Morgan fingerprint density at radius 1 is 1.12 bits per heavy atom. The number of aliphatic imine (C=N–C) groups is 1. The molecule has 0 bridgehead atoms. The van der Waals surface area contributed by atoms with Gasteiger partial charge in [0.05, 0.1) is 11.4 Å². The molecule has 0 spiro atoms. The lowest BCUT2D eigenvalue weighted by Gasteiger charge is -2.12. The van der Waals surface area contributed by atoms with Crippen LogP contribution in [0.4, 0.5) is 4.39 Å². The molecule has 0 aliphatic carbocycles. The molecular weight excluding hydrogens is 353 g/mol. The van der Waals surface area contributed by atoms with E-state index < -0.39 is 9.84 Å².